The number of alkyl halides is 6. The Labute approximate surface area is 207 Å². The third-order valence-corrected chi connectivity index (χ3v) is 6.19. The molecule has 1 amide bonds. The smallest absolute Gasteiger partial charge is 0.341 e. The van der Waals surface area contributed by atoms with E-state index in [2.05, 4.69) is 0 Å². The number of hydrogen-bond donors (Lipinski definition) is 0. The fraction of sp³-hybridized carbons (Fsp3) is 0.381. The van der Waals surface area contributed by atoms with Crippen LogP contribution in [-0.4, -0.2) is 45.7 Å². The maximum atomic E-state index is 13.2. The molecule has 5 nitrogen and oxygen atoms in total. The minimum Gasteiger partial charge on any atom is -0.341 e. The summed E-state index contributed by atoms with van der Waals surface area (Å²) in [4.78, 5) is 13.8. The van der Waals surface area contributed by atoms with E-state index in [0.29, 0.717) is 17.7 Å². The first kappa shape index (κ1) is 29.2. The van der Waals surface area contributed by atoms with Gasteiger partial charge in [-0.1, -0.05) is 29.3 Å². The Morgan fingerprint density at radius 3 is 1.97 bits per heavy atom. The first-order valence-electron chi connectivity index (χ1n) is 9.73. The lowest BCUT2D eigenvalue weighted by Gasteiger charge is -2.25. The molecule has 14 heteroatoms. The molecule has 1 atom stereocenters. The first-order valence-corrected chi connectivity index (χ1v) is 12.3. The average Bonchev–Trinajstić information content (AvgIpc) is 2.72. The maximum Gasteiger partial charge on any atom is 0.416 e. The van der Waals surface area contributed by atoms with Crippen molar-refractivity contribution >= 4 is 39.2 Å². The van der Waals surface area contributed by atoms with Gasteiger partial charge in [-0.15, -0.1) is 0 Å². The number of halogens is 8. The molecule has 0 aliphatic carbocycles. The van der Waals surface area contributed by atoms with Gasteiger partial charge in [0.15, 0.2) is 0 Å². The average molecular weight is 566 g/mol. The van der Waals surface area contributed by atoms with E-state index in [9.17, 15) is 39.6 Å². The van der Waals surface area contributed by atoms with Crippen molar-refractivity contribution < 1.29 is 43.7 Å². The van der Waals surface area contributed by atoms with Crippen molar-refractivity contribution in [3.63, 3.8) is 0 Å². The van der Waals surface area contributed by atoms with Gasteiger partial charge in [0.2, 0.25) is 0 Å². The Kier molecular flexibility index (Phi) is 9.13. The minimum atomic E-state index is -5.11. The second-order valence-corrected chi connectivity index (χ2v) is 10.1. The monoisotopic (exact) mass is 565 g/mol. The topological polar surface area (TPSA) is 63.7 Å². The lowest BCUT2D eigenvalue weighted by Crippen LogP contribution is -2.32. The number of likely N-dealkylation sites (N-methyl/N-ethyl adjacent to an activating group) is 1. The van der Waals surface area contributed by atoms with Gasteiger partial charge in [0.05, 0.1) is 34.0 Å². The van der Waals surface area contributed by atoms with E-state index < -0.39 is 51.0 Å². The van der Waals surface area contributed by atoms with Crippen molar-refractivity contribution in [2.75, 3.05) is 26.5 Å². The van der Waals surface area contributed by atoms with Crippen LogP contribution in [0.5, 0.6) is 0 Å². The van der Waals surface area contributed by atoms with E-state index in [0.717, 1.165) is 11.2 Å². The highest BCUT2D eigenvalue weighted by molar-refractivity contribution is 7.85. The summed E-state index contributed by atoms with van der Waals surface area (Å²) in [6.45, 7) is -0.505. The normalized spacial score (nSPS) is 13.5. The van der Waals surface area contributed by atoms with Gasteiger partial charge in [-0.05, 0) is 42.3 Å². The Balaban J connectivity index is 2.38. The Morgan fingerprint density at radius 1 is 0.971 bits per heavy atom. The third kappa shape index (κ3) is 8.55. The van der Waals surface area contributed by atoms with Crippen LogP contribution in [-0.2, 0) is 26.7 Å². The van der Waals surface area contributed by atoms with Crippen LogP contribution in [0.15, 0.2) is 36.4 Å². The van der Waals surface area contributed by atoms with Crippen LogP contribution >= 0.6 is 23.2 Å². The van der Waals surface area contributed by atoms with Gasteiger partial charge in [0.1, 0.15) is 0 Å². The molecule has 0 saturated heterocycles. The molecule has 194 valence electrons. The van der Waals surface area contributed by atoms with Crippen molar-refractivity contribution in [3.05, 3.63) is 68.7 Å². The SMILES string of the molecule is CN(C[C@@H](CCOS(C)(=O)=O)c1ccc(Cl)c(Cl)c1)C(=O)c1cc(C(F)(F)F)cc(C(F)(F)F)c1. The highest BCUT2D eigenvalue weighted by atomic mass is 35.5. The summed E-state index contributed by atoms with van der Waals surface area (Å²) < 4.78 is 106. The zero-order valence-corrected chi connectivity index (χ0v) is 20.5. The fourth-order valence-corrected chi connectivity index (χ4v) is 3.89. The number of hydrogen-bond acceptors (Lipinski definition) is 4. The highest BCUT2D eigenvalue weighted by Crippen LogP contribution is 2.37. The first-order chi connectivity index (χ1) is 15.9. The van der Waals surface area contributed by atoms with Gasteiger partial charge in [0, 0.05) is 25.1 Å². The maximum absolute atomic E-state index is 13.2. The van der Waals surface area contributed by atoms with Gasteiger partial charge in [-0.3, -0.25) is 8.98 Å². The van der Waals surface area contributed by atoms with Gasteiger partial charge in [-0.25, -0.2) is 0 Å². The number of benzene rings is 2. The Bertz CT molecular complexity index is 1150. The summed E-state index contributed by atoms with van der Waals surface area (Å²) in [5.41, 5.74) is -3.55. The molecule has 0 saturated carbocycles. The molecule has 2 aromatic carbocycles. The van der Waals surface area contributed by atoms with Gasteiger partial charge in [-0.2, -0.15) is 34.8 Å². The summed E-state index contributed by atoms with van der Waals surface area (Å²) in [7, 11) is -2.59. The summed E-state index contributed by atoms with van der Waals surface area (Å²) in [5.74, 6) is -1.75. The van der Waals surface area contributed by atoms with Crippen molar-refractivity contribution in [2.24, 2.45) is 0 Å². The molecule has 0 aromatic heterocycles. The lowest BCUT2D eigenvalue weighted by molar-refractivity contribution is -0.143. The molecule has 0 fully saturated rings. The van der Waals surface area contributed by atoms with Gasteiger partial charge in [0.25, 0.3) is 16.0 Å². The molecule has 0 N–H and O–H groups in total. The molecule has 0 bridgehead atoms. The summed E-state index contributed by atoms with van der Waals surface area (Å²) in [6.07, 6.45) is -9.36. The zero-order valence-electron chi connectivity index (χ0n) is 18.2. The molecule has 0 spiro atoms. The summed E-state index contributed by atoms with van der Waals surface area (Å²) >= 11 is 11.9. The molecule has 2 rings (SSSR count). The van der Waals surface area contributed by atoms with Crippen LogP contribution in [0.3, 0.4) is 0 Å². The largest absolute Gasteiger partial charge is 0.416 e. The predicted molar refractivity (Wildman–Crippen MR) is 118 cm³/mol. The number of carbonyl (C=O) groups is 1. The van der Waals surface area contributed by atoms with E-state index in [-0.39, 0.29) is 35.7 Å². The summed E-state index contributed by atoms with van der Waals surface area (Å²) in [6, 6.07) is 5.07. The standard InChI is InChI=1S/C21H19Cl2F6NO4S/c1-30(19(31)14-7-15(20(24,25)26)10-16(8-14)21(27,28)29)11-13(5-6-34-35(2,32)33)12-3-4-17(22)18(23)9-12/h3-4,7-10,13H,5-6,11H2,1-2H3/t13-/m1/s1. The molecular weight excluding hydrogens is 547 g/mol. The van der Waals surface area contributed by atoms with Crippen LogP contribution in [0.1, 0.15) is 39.4 Å². The zero-order chi connectivity index (χ0) is 26.8. The van der Waals surface area contributed by atoms with E-state index in [1.807, 2.05) is 0 Å². The van der Waals surface area contributed by atoms with Crippen LogP contribution in [0.2, 0.25) is 10.0 Å². The molecule has 0 aliphatic rings. The molecule has 0 unspecified atom stereocenters. The van der Waals surface area contributed by atoms with Crippen molar-refractivity contribution in [1.29, 1.82) is 0 Å². The second-order valence-electron chi connectivity index (χ2n) is 7.67. The number of rotatable bonds is 8. The van der Waals surface area contributed by atoms with Crippen LogP contribution in [0.25, 0.3) is 0 Å². The van der Waals surface area contributed by atoms with Gasteiger partial charge >= 0.3 is 12.4 Å². The van der Waals surface area contributed by atoms with E-state index >= 15 is 0 Å². The minimum absolute atomic E-state index is 0.0268. The summed E-state index contributed by atoms with van der Waals surface area (Å²) in [5, 5.41) is 0.370. The number of carbonyl (C=O) groups excluding carboxylic acids is 1. The number of nitrogens with zero attached hydrogens (tertiary/aromatic N) is 1. The van der Waals surface area contributed by atoms with E-state index in [4.69, 9.17) is 27.4 Å². The van der Waals surface area contributed by atoms with Crippen LogP contribution in [0.4, 0.5) is 26.3 Å². The molecule has 0 radical (unpaired) electrons. The number of amides is 1. The van der Waals surface area contributed by atoms with Gasteiger partial charge < -0.3 is 4.90 Å². The Hall–Kier alpha value is -2.02. The third-order valence-electron chi connectivity index (χ3n) is 4.85. The fourth-order valence-electron chi connectivity index (χ4n) is 3.18. The highest BCUT2D eigenvalue weighted by Gasteiger charge is 2.38. The van der Waals surface area contributed by atoms with Crippen LogP contribution < -0.4 is 0 Å². The van der Waals surface area contributed by atoms with E-state index in [1.165, 1.54) is 19.2 Å². The van der Waals surface area contributed by atoms with Crippen molar-refractivity contribution in [3.8, 4) is 0 Å². The van der Waals surface area contributed by atoms with E-state index in [1.54, 1.807) is 6.07 Å². The predicted octanol–water partition coefficient (Wildman–Crippen LogP) is 6.25. The lowest BCUT2D eigenvalue weighted by atomic mass is 9.95. The second kappa shape index (κ2) is 10.9. The molecule has 2 aromatic rings. The Morgan fingerprint density at radius 2 is 1.51 bits per heavy atom. The molecule has 0 heterocycles. The molecular formula is C21H19Cl2F6NO4S. The quantitative estimate of drug-likeness (QED) is 0.280. The van der Waals surface area contributed by atoms with Crippen LogP contribution in [0, 0.1) is 0 Å². The van der Waals surface area contributed by atoms with Crippen molar-refractivity contribution in [2.45, 2.75) is 24.7 Å². The van der Waals surface area contributed by atoms with Crippen molar-refractivity contribution in [1.82, 2.24) is 4.90 Å². The molecule has 35 heavy (non-hydrogen) atoms. The molecule has 0 aliphatic heterocycles.